The van der Waals surface area contributed by atoms with E-state index in [2.05, 4.69) is 5.32 Å². The van der Waals surface area contributed by atoms with Gasteiger partial charge in [-0.3, -0.25) is 4.79 Å². The molecule has 0 amide bonds. The first-order chi connectivity index (χ1) is 7.24. The van der Waals surface area contributed by atoms with E-state index in [0.717, 1.165) is 12.0 Å². The van der Waals surface area contributed by atoms with Crippen molar-refractivity contribution in [3.63, 3.8) is 0 Å². The summed E-state index contributed by atoms with van der Waals surface area (Å²) in [5.74, 6) is -0.840. The molecule has 0 spiro atoms. The fourth-order valence-corrected chi connectivity index (χ4v) is 1.35. The summed E-state index contributed by atoms with van der Waals surface area (Å²) in [6.07, 6.45) is 1.37. The molecule has 0 heterocycles. The molecule has 0 aliphatic heterocycles. The van der Waals surface area contributed by atoms with Gasteiger partial charge in [0.1, 0.15) is 0 Å². The molecule has 1 aromatic rings. The molecule has 0 bridgehead atoms. The maximum Gasteiger partial charge on any atom is 1.00 e. The maximum atomic E-state index is 10.9. The Labute approximate surface area is 145 Å². The zero-order valence-electron chi connectivity index (χ0n) is 9.89. The van der Waals surface area contributed by atoms with E-state index in [-0.39, 0.29) is 58.2 Å². The Kier molecular flexibility index (Phi) is 9.75. The van der Waals surface area contributed by atoms with Crippen molar-refractivity contribution in [1.82, 2.24) is 0 Å². The molecular weight excluding hydrogens is 276 g/mol. The quantitative estimate of drug-likeness (QED) is 0.766. The summed E-state index contributed by atoms with van der Waals surface area (Å²) in [7, 11) is 0. The van der Waals surface area contributed by atoms with Crippen molar-refractivity contribution in [2.24, 2.45) is 0 Å². The fraction of sp³-hybridized carbons (Fsp3) is 0.417. The van der Waals surface area contributed by atoms with Gasteiger partial charge in [0, 0.05) is 0 Å². The molecule has 0 aliphatic carbocycles. The number of carboxylic acid groups (broad SMARTS) is 1. The van der Waals surface area contributed by atoms with E-state index < -0.39 is 12.0 Å². The van der Waals surface area contributed by atoms with Gasteiger partial charge in [-0.15, -0.1) is 6.54 Å². The summed E-state index contributed by atoms with van der Waals surface area (Å²) in [4.78, 5) is 10.9. The molecule has 1 N–H and O–H groups in total. The standard InChI is InChI=1S/C12H16NO2.Rb/c1-2-8-13-11(12(14)15)9-10-6-4-3-5-7-10;/h3-7,11H,2,8-9H2,1H3,(H,14,15);/q-1;+1. The summed E-state index contributed by atoms with van der Waals surface area (Å²) in [6.45, 7) is 2.61. The van der Waals surface area contributed by atoms with Crippen LogP contribution in [0, 0.1) is 0 Å². The van der Waals surface area contributed by atoms with Crippen LogP contribution in [-0.2, 0) is 11.2 Å². The predicted molar refractivity (Wildman–Crippen MR) is 60.1 cm³/mol. The molecule has 1 unspecified atom stereocenters. The van der Waals surface area contributed by atoms with Crippen molar-refractivity contribution < 1.29 is 68.1 Å². The maximum absolute atomic E-state index is 10.9. The summed E-state index contributed by atoms with van der Waals surface area (Å²) >= 11 is 0. The molecule has 1 aromatic carbocycles. The van der Waals surface area contributed by atoms with E-state index in [1.165, 1.54) is 0 Å². The Bertz CT molecular complexity index is 303. The number of nitrogens with zero attached hydrogens (tertiary/aromatic N) is 1. The van der Waals surface area contributed by atoms with Crippen LogP contribution in [0.3, 0.4) is 0 Å². The summed E-state index contributed by atoms with van der Waals surface area (Å²) in [5.41, 5.74) is 1.02. The predicted octanol–water partition coefficient (Wildman–Crippen LogP) is -0.530. The zero-order chi connectivity index (χ0) is 11.1. The van der Waals surface area contributed by atoms with Crippen molar-refractivity contribution in [3.8, 4) is 0 Å². The molecule has 4 heteroatoms. The van der Waals surface area contributed by atoms with E-state index in [1.807, 2.05) is 37.3 Å². The van der Waals surface area contributed by atoms with Crippen LogP contribution in [-0.4, -0.2) is 23.7 Å². The number of hydrogen-bond acceptors (Lipinski definition) is 1. The van der Waals surface area contributed by atoms with Crippen LogP contribution >= 0.6 is 0 Å². The third-order valence-corrected chi connectivity index (χ3v) is 2.13. The van der Waals surface area contributed by atoms with E-state index in [1.54, 1.807) is 0 Å². The van der Waals surface area contributed by atoms with Gasteiger partial charge < -0.3 is 10.4 Å². The second kappa shape index (κ2) is 9.48. The minimum absolute atomic E-state index is 0. The van der Waals surface area contributed by atoms with E-state index >= 15 is 0 Å². The summed E-state index contributed by atoms with van der Waals surface area (Å²) < 4.78 is 0. The van der Waals surface area contributed by atoms with Crippen LogP contribution in [0.5, 0.6) is 0 Å². The van der Waals surface area contributed by atoms with Gasteiger partial charge in [0.15, 0.2) is 0 Å². The molecule has 0 radical (unpaired) electrons. The van der Waals surface area contributed by atoms with Crippen LogP contribution in [0.25, 0.3) is 5.32 Å². The van der Waals surface area contributed by atoms with Crippen molar-refractivity contribution in [2.45, 2.75) is 25.8 Å². The first-order valence-electron chi connectivity index (χ1n) is 5.17. The molecule has 16 heavy (non-hydrogen) atoms. The van der Waals surface area contributed by atoms with Gasteiger partial charge in [-0.25, -0.2) is 0 Å². The van der Waals surface area contributed by atoms with Gasteiger partial charge >= 0.3 is 58.2 Å². The summed E-state index contributed by atoms with van der Waals surface area (Å²) in [6, 6.07) is 8.99. The number of rotatable bonds is 6. The summed E-state index contributed by atoms with van der Waals surface area (Å²) in [5, 5.41) is 13.1. The van der Waals surface area contributed by atoms with Crippen LogP contribution in [0.15, 0.2) is 30.3 Å². The van der Waals surface area contributed by atoms with Crippen LogP contribution in [0.4, 0.5) is 0 Å². The van der Waals surface area contributed by atoms with Crippen molar-refractivity contribution in [1.29, 1.82) is 0 Å². The third kappa shape index (κ3) is 6.25. The van der Waals surface area contributed by atoms with E-state index in [9.17, 15) is 4.79 Å². The van der Waals surface area contributed by atoms with Gasteiger partial charge in [0.2, 0.25) is 0 Å². The molecule has 0 saturated carbocycles. The monoisotopic (exact) mass is 291 g/mol. The molecular formula is C12H16NO2Rb. The van der Waals surface area contributed by atoms with Crippen molar-refractivity contribution in [2.75, 3.05) is 6.54 Å². The number of benzene rings is 1. The second-order valence-electron chi connectivity index (χ2n) is 3.45. The molecule has 82 valence electrons. The molecule has 1 atom stereocenters. The molecule has 0 saturated heterocycles. The Balaban J connectivity index is 0.00000225. The minimum atomic E-state index is -0.840. The third-order valence-electron chi connectivity index (χ3n) is 2.13. The normalized spacial score (nSPS) is 11.6. The number of hydrogen-bond donors (Lipinski definition) is 1. The first kappa shape index (κ1) is 16.5. The Morgan fingerprint density at radius 1 is 1.38 bits per heavy atom. The van der Waals surface area contributed by atoms with Gasteiger partial charge in [-0.05, 0) is 18.0 Å². The van der Waals surface area contributed by atoms with Gasteiger partial charge in [0.25, 0.3) is 5.97 Å². The smallest absolute Gasteiger partial charge is 0.650 e. The number of carbonyl (C=O) groups is 1. The molecule has 0 fully saturated rings. The average molecular weight is 292 g/mol. The zero-order valence-corrected chi connectivity index (χ0v) is 14.8. The number of aliphatic carboxylic acids is 1. The SMILES string of the molecule is CCC[N-]C(Cc1ccccc1)C(=O)O.[Rb+]. The Morgan fingerprint density at radius 2 is 2.00 bits per heavy atom. The minimum Gasteiger partial charge on any atom is -0.650 e. The Hall–Kier alpha value is 0.455. The largest absolute Gasteiger partial charge is 1.00 e. The fourth-order valence-electron chi connectivity index (χ4n) is 1.35. The van der Waals surface area contributed by atoms with Gasteiger partial charge in [0.05, 0.1) is 0 Å². The first-order valence-corrected chi connectivity index (χ1v) is 5.17. The van der Waals surface area contributed by atoms with Crippen LogP contribution < -0.4 is 58.2 Å². The molecule has 3 nitrogen and oxygen atoms in total. The van der Waals surface area contributed by atoms with E-state index in [0.29, 0.717) is 13.0 Å². The molecule has 0 aromatic heterocycles. The van der Waals surface area contributed by atoms with E-state index in [4.69, 9.17) is 5.11 Å². The molecule has 1 rings (SSSR count). The van der Waals surface area contributed by atoms with Crippen LogP contribution in [0.1, 0.15) is 18.9 Å². The average Bonchev–Trinajstić information content (AvgIpc) is 2.25. The topological polar surface area (TPSA) is 51.4 Å². The van der Waals surface area contributed by atoms with Gasteiger partial charge in [-0.1, -0.05) is 43.7 Å². The Morgan fingerprint density at radius 3 is 2.50 bits per heavy atom. The van der Waals surface area contributed by atoms with Gasteiger partial charge in [-0.2, -0.15) is 0 Å². The van der Waals surface area contributed by atoms with Crippen molar-refractivity contribution in [3.05, 3.63) is 41.2 Å². The second-order valence-corrected chi connectivity index (χ2v) is 3.45. The number of carboxylic acids is 1. The molecule has 0 aliphatic rings. The van der Waals surface area contributed by atoms with Crippen molar-refractivity contribution >= 4 is 5.97 Å². The van der Waals surface area contributed by atoms with Crippen LogP contribution in [0.2, 0.25) is 0 Å².